The molecule has 4 heterocycles. The molecule has 3 N–H and O–H groups in total. The Morgan fingerprint density at radius 3 is 2.39 bits per heavy atom. The molecule has 0 unspecified atom stereocenters. The van der Waals surface area contributed by atoms with Crippen molar-refractivity contribution in [2.75, 3.05) is 36.1 Å². The number of thiazole rings is 1. The molecular formula is C53H56F5N9O7S2. The summed E-state index contributed by atoms with van der Waals surface area (Å²) in [6.45, 7) is 15.8. The lowest BCUT2D eigenvalue weighted by Crippen LogP contribution is -2.58. The number of aryl methyl sites for hydroxylation is 1. The van der Waals surface area contributed by atoms with E-state index in [-0.39, 0.29) is 55.1 Å². The third-order valence-corrected chi connectivity index (χ3v) is 13.8. The lowest BCUT2D eigenvalue weighted by atomic mass is 9.85. The van der Waals surface area contributed by atoms with E-state index in [0.717, 1.165) is 51.0 Å². The highest BCUT2D eigenvalue weighted by Gasteiger charge is 2.52. The summed E-state index contributed by atoms with van der Waals surface area (Å²) >= 11 is 6.98. The number of nitrogens with one attached hydrogen (secondary N) is 3. The van der Waals surface area contributed by atoms with Gasteiger partial charge in [0.2, 0.25) is 23.6 Å². The molecule has 2 aromatic carbocycles. The number of likely N-dealkylation sites (tertiary alicyclic amines) is 1. The van der Waals surface area contributed by atoms with E-state index in [9.17, 15) is 37.1 Å². The van der Waals surface area contributed by atoms with Crippen LogP contribution in [0.1, 0.15) is 83.2 Å². The number of alkyl halides is 3. The van der Waals surface area contributed by atoms with E-state index in [1.54, 1.807) is 16.8 Å². The first-order valence-electron chi connectivity index (χ1n) is 23.9. The second kappa shape index (κ2) is 24.1. The van der Waals surface area contributed by atoms with Gasteiger partial charge in [-0.25, -0.2) is 18.7 Å². The van der Waals surface area contributed by atoms with Gasteiger partial charge >= 0.3 is 6.18 Å². The Morgan fingerprint density at radius 1 is 1.07 bits per heavy atom. The maximum absolute atomic E-state index is 15.6. The van der Waals surface area contributed by atoms with E-state index in [1.165, 1.54) is 50.0 Å². The van der Waals surface area contributed by atoms with Crippen molar-refractivity contribution in [2.24, 2.45) is 5.41 Å². The number of thiocarbonyl (C=S) groups is 1. The Kier molecular flexibility index (Phi) is 18.3. The molecule has 0 spiro atoms. The number of carbonyl (C=O) groups excluding carboxylic acids is 5. The zero-order valence-electron chi connectivity index (χ0n) is 42.7. The van der Waals surface area contributed by atoms with Crippen molar-refractivity contribution in [3.05, 3.63) is 124 Å². The van der Waals surface area contributed by atoms with E-state index in [2.05, 4.69) is 32.5 Å². The SMILES string of the molecule is C=C/C(=C\C=C(/C)C(=O)NCCCOCC(=O)N[C@H](C(=O)N1CCC[C@H]1C(=O)NCc1ccc(-c2scnc2C)cc1)C(C)(C)C)Oc1ncc(N2C(=S)N(c3ccc(C#N)c(C(F)(F)F)c3F)C(=O)C2(C)C)cc1F. The molecule has 16 nitrogen and oxygen atoms in total. The molecule has 4 aromatic rings. The molecule has 2 aliphatic heterocycles. The topological polar surface area (TPSA) is 199 Å². The average Bonchev–Trinajstić information content (AvgIpc) is 4.09. The monoisotopic (exact) mass is 1090 g/mol. The van der Waals surface area contributed by atoms with Crippen LogP contribution in [0.15, 0.2) is 90.3 Å². The quantitative estimate of drug-likeness (QED) is 0.0203. The van der Waals surface area contributed by atoms with Crippen molar-refractivity contribution in [2.45, 2.75) is 98.1 Å². The molecule has 2 atom stereocenters. The fourth-order valence-electron chi connectivity index (χ4n) is 8.36. The van der Waals surface area contributed by atoms with Gasteiger partial charge in [-0.05, 0) is 100 Å². The molecule has 23 heteroatoms. The molecule has 6 rings (SSSR count). The van der Waals surface area contributed by atoms with Gasteiger partial charge in [-0.3, -0.25) is 28.9 Å². The zero-order valence-corrected chi connectivity index (χ0v) is 44.3. The van der Waals surface area contributed by atoms with Crippen LogP contribution in [0, 0.1) is 35.3 Å². The minimum absolute atomic E-state index is 0.0366. The van der Waals surface area contributed by atoms with Crippen LogP contribution in [0.5, 0.6) is 5.88 Å². The molecule has 402 valence electrons. The minimum atomic E-state index is -5.28. The number of hydrogen-bond donors (Lipinski definition) is 3. The van der Waals surface area contributed by atoms with Crippen LogP contribution in [0.3, 0.4) is 0 Å². The van der Waals surface area contributed by atoms with Crippen molar-refractivity contribution >= 4 is 69.6 Å². The van der Waals surface area contributed by atoms with Crippen LogP contribution in [-0.4, -0.2) is 93.4 Å². The number of pyridine rings is 1. The molecular weight excluding hydrogens is 1030 g/mol. The molecule has 2 fully saturated rings. The Morgan fingerprint density at radius 2 is 1.78 bits per heavy atom. The Hall–Kier alpha value is -7.42. The van der Waals surface area contributed by atoms with Crippen LogP contribution in [0.2, 0.25) is 0 Å². The first-order valence-corrected chi connectivity index (χ1v) is 25.1. The van der Waals surface area contributed by atoms with Gasteiger partial charge in [0.1, 0.15) is 35.6 Å². The summed E-state index contributed by atoms with van der Waals surface area (Å²) in [6, 6.07) is 9.98. The maximum Gasteiger partial charge on any atom is 0.420 e. The molecule has 0 saturated carbocycles. The summed E-state index contributed by atoms with van der Waals surface area (Å²) in [5.74, 6) is -6.12. The molecule has 0 bridgehead atoms. The molecule has 0 radical (unpaired) electrons. The largest absolute Gasteiger partial charge is 0.437 e. The number of amides is 5. The van der Waals surface area contributed by atoms with Crippen LogP contribution in [0.25, 0.3) is 10.4 Å². The van der Waals surface area contributed by atoms with Gasteiger partial charge in [-0.15, -0.1) is 11.3 Å². The second-order valence-corrected chi connectivity index (χ2v) is 20.6. The number of allylic oxidation sites excluding steroid dienone is 3. The van der Waals surface area contributed by atoms with Crippen molar-refractivity contribution in [3.63, 3.8) is 0 Å². The summed E-state index contributed by atoms with van der Waals surface area (Å²) in [4.78, 5) is 79.4. The highest BCUT2D eigenvalue weighted by Crippen LogP contribution is 2.42. The highest BCUT2D eigenvalue weighted by atomic mass is 32.1. The fourth-order valence-corrected chi connectivity index (χ4v) is 9.69. The first-order chi connectivity index (χ1) is 35.8. The summed E-state index contributed by atoms with van der Waals surface area (Å²) in [5, 5.41) is 17.2. The molecule has 2 aliphatic rings. The molecule has 2 saturated heterocycles. The number of ether oxygens (including phenoxy) is 2. The molecule has 76 heavy (non-hydrogen) atoms. The van der Waals surface area contributed by atoms with E-state index in [4.69, 9.17) is 27.0 Å². The van der Waals surface area contributed by atoms with Crippen molar-refractivity contribution in [1.29, 1.82) is 5.26 Å². The first kappa shape index (κ1) is 57.9. The Bertz CT molecular complexity index is 3020. The third-order valence-electron chi connectivity index (χ3n) is 12.4. The van der Waals surface area contributed by atoms with Gasteiger partial charge in [0.15, 0.2) is 16.7 Å². The highest BCUT2D eigenvalue weighted by molar-refractivity contribution is 7.81. The number of rotatable bonds is 19. The van der Waals surface area contributed by atoms with Crippen LogP contribution < -0.4 is 30.5 Å². The lowest BCUT2D eigenvalue weighted by Gasteiger charge is -2.35. The third kappa shape index (κ3) is 13.1. The number of carbonyl (C=O) groups is 5. The Labute approximate surface area is 445 Å². The van der Waals surface area contributed by atoms with E-state index < -0.39 is 86.4 Å². The van der Waals surface area contributed by atoms with Gasteiger partial charge in [-0.1, -0.05) is 57.7 Å². The van der Waals surface area contributed by atoms with Crippen LogP contribution >= 0.6 is 23.6 Å². The van der Waals surface area contributed by atoms with E-state index >= 15 is 8.78 Å². The fraction of sp³-hybridized carbons (Fsp3) is 0.377. The summed E-state index contributed by atoms with van der Waals surface area (Å²) in [5.41, 5.74) is -1.31. The second-order valence-electron chi connectivity index (χ2n) is 19.4. The number of anilines is 2. The van der Waals surface area contributed by atoms with E-state index in [1.807, 2.05) is 52.0 Å². The number of hydrogen-bond acceptors (Lipinski definition) is 12. The van der Waals surface area contributed by atoms with Crippen LogP contribution in [0.4, 0.5) is 33.3 Å². The zero-order chi connectivity index (χ0) is 55.9. The summed E-state index contributed by atoms with van der Waals surface area (Å²) < 4.78 is 83.5. The number of nitriles is 1. The Balaban J connectivity index is 0.957. The predicted octanol–water partition coefficient (Wildman–Crippen LogP) is 8.36. The van der Waals surface area contributed by atoms with Gasteiger partial charge in [0, 0.05) is 37.9 Å². The van der Waals surface area contributed by atoms with Crippen molar-refractivity contribution in [1.82, 2.24) is 30.8 Å². The number of aromatic nitrogens is 2. The lowest BCUT2D eigenvalue weighted by molar-refractivity contribution is -0.144. The summed E-state index contributed by atoms with van der Waals surface area (Å²) in [7, 11) is 0. The smallest absolute Gasteiger partial charge is 0.420 e. The van der Waals surface area contributed by atoms with Gasteiger partial charge in [0.05, 0.1) is 45.3 Å². The van der Waals surface area contributed by atoms with Gasteiger partial charge < -0.3 is 35.2 Å². The number of halogens is 5. The van der Waals surface area contributed by atoms with Crippen molar-refractivity contribution < 1.29 is 55.4 Å². The minimum Gasteiger partial charge on any atom is -0.437 e. The van der Waals surface area contributed by atoms with E-state index in [0.29, 0.717) is 30.7 Å². The molecule has 2 aromatic heterocycles. The van der Waals surface area contributed by atoms with Gasteiger partial charge in [0.25, 0.3) is 11.8 Å². The molecule has 0 aliphatic carbocycles. The van der Waals surface area contributed by atoms with Crippen molar-refractivity contribution in [3.8, 4) is 22.4 Å². The molecule has 5 amide bonds. The van der Waals surface area contributed by atoms with Gasteiger partial charge in [-0.2, -0.15) is 18.4 Å². The van der Waals surface area contributed by atoms with Crippen LogP contribution in [-0.2, 0) is 41.4 Å². The number of nitrogens with zero attached hydrogens (tertiary/aromatic N) is 6. The maximum atomic E-state index is 15.6. The number of benzene rings is 2. The average molecular weight is 1090 g/mol. The predicted molar refractivity (Wildman–Crippen MR) is 278 cm³/mol. The summed E-state index contributed by atoms with van der Waals surface area (Å²) in [6.07, 6.45) is 1.18. The normalized spacial score (nSPS) is 16.4. The standard InChI is InChI=1S/C53H56F5N9O7S2/c1-9-36(74-47-37(54)24-35(27-62-47)67-50(75)66(49(72)52(67,7)8)38-20-18-34(25-59)41(42(38)55)53(56,57)58)19-13-30(2)45(69)60-21-11-23-73-28-40(68)64-44(51(4,5)6)48(71)65-22-10-12-39(65)46(70)61-26-32-14-16-33(17-15-32)43-31(3)63-29-76-43/h9,13-20,24,27,29,39,44H,1,10-12,21-23,26,28H2,2-8H3,(H,60,69)(H,61,70)(H,64,68)/b30-13+,36-19+/t39-,44+/m0/s1.